The van der Waals surface area contributed by atoms with Crippen LogP contribution >= 0.6 is 0 Å². The molecule has 1 saturated carbocycles. The van der Waals surface area contributed by atoms with Gasteiger partial charge in [-0.2, -0.15) is 0 Å². The first kappa shape index (κ1) is 18.2. The number of nitrogens with one attached hydrogen (secondary N) is 3. The summed E-state index contributed by atoms with van der Waals surface area (Å²) in [5, 5.41) is 5.79. The number of hydrogen-bond donors (Lipinski definition) is 4. The molecule has 5 N–H and O–H groups in total. The quantitative estimate of drug-likeness (QED) is 0.660. The minimum absolute atomic E-state index is 0.121. The highest BCUT2D eigenvalue weighted by atomic mass is 16.2. The topological polar surface area (TPSA) is 113 Å². The molecule has 3 rings (SSSR count). The van der Waals surface area contributed by atoms with Crippen molar-refractivity contribution in [2.75, 3.05) is 0 Å². The fraction of sp³-hybridized carbons (Fsp3) is 0.526. The molecule has 1 aromatic carbocycles. The van der Waals surface area contributed by atoms with Gasteiger partial charge < -0.3 is 21.4 Å². The Bertz CT molecular complexity index is 820. The van der Waals surface area contributed by atoms with Crippen molar-refractivity contribution in [1.82, 2.24) is 20.6 Å². The van der Waals surface area contributed by atoms with Crippen LogP contribution in [0.1, 0.15) is 57.0 Å². The first-order valence-corrected chi connectivity index (χ1v) is 9.15. The number of aryl methyl sites for hydroxylation is 1. The Morgan fingerprint density at radius 3 is 2.58 bits per heavy atom. The minimum Gasteiger partial charge on any atom is -0.368 e. The van der Waals surface area contributed by atoms with Crippen molar-refractivity contribution in [3.63, 3.8) is 0 Å². The SMILES string of the molecule is Cc1ccc2nc([C@@H](NC(=O)NC3(C(N)=O)CCCC3)C(C)C)[nH]c2c1. The number of carbonyl (C=O) groups excluding carboxylic acids is 2. The average Bonchev–Trinajstić information content (AvgIpc) is 3.19. The number of aromatic nitrogens is 2. The van der Waals surface area contributed by atoms with Gasteiger partial charge in [-0.25, -0.2) is 9.78 Å². The van der Waals surface area contributed by atoms with Crippen LogP contribution < -0.4 is 16.4 Å². The molecule has 0 bridgehead atoms. The fourth-order valence-electron chi connectivity index (χ4n) is 3.65. The van der Waals surface area contributed by atoms with Crippen molar-refractivity contribution in [2.24, 2.45) is 11.7 Å². The zero-order chi connectivity index (χ0) is 18.9. The number of carbonyl (C=O) groups is 2. The molecule has 1 aliphatic carbocycles. The largest absolute Gasteiger partial charge is 0.368 e. The van der Waals surface area contributed by atoms with Gasteiger partial charge in [0.2, 0.25) is 5.91 Å². The molecule has 1 atom stereocenters. The predicted molar refractivity (Wildman–Crippen MR) is 100 cm³/mol. The highest BCUT2D eigenvalue weighted by Crippen LogP contribution is 2.29. The van der Waals surface area contributed by atoms with Crippen molar-refractivity contribution < 1.29 is 9.59 Å². The number of fused-ring (bicyclic) bond motifs is 1. The van der Waals surface area contributed by atoms with Crippen LogP contribution in [0.15, 0.2) is 18.2 Å². The number of rotatable bonds is 5. The lowest BCUT2D eigenvalue weighted by Crippen LogP contribution is -2.58. The van der Waals surface area contributed by atoms with Crippen molar-refractivity contribution >= 4 is 23.0 Å². The lowest BCUT2D eigenvalue weighted by Gasteiger charge is -2.28. The van der Waals surface area contributed by atoms with Crippen molar-refractivity contribution in [3.05, 3.63) is 29.6 Å². The van der Waals surface area contributed by atoms with Crippen LogP contribution in [0.5, 0.6) is 0 Å². The summed E-state index contributed by atoms with van der Waals surface area (Å²) in [5.74, 6) is 0.358. The van der Waals surface area contributed by atoms with Gasteiger partial charge in [-0.3, -0.25) is 4.79 Å². The molecule has 3 amide bonds. The normalized spacial score (nSPS) is 17.4. The lowest BCUT2D eigenvalue weighted by atomic mass is 9.97. The minimum atomic E-state index is -0.934. The van der Waals surface area contributed by atoms with Crippen LogP contribution in [-0.4, -0.2) is 27.4 Å². The Labute approximate surface area is 153 Å². The molecule has 1 heterocycles. The number of amides is 3. The van der Waals surface area contributed by atoms with Gasteiger partial charge >= 0.3 is 6.03 Å². The molecule has 140 valence electrons. The zero-order valence-corrected chi connectivity index (χ0v) is 15.6. The van der Waals surface area contributed by atoms with Gasteiger partial charge in [0, 0.05) is 0 Å². The van der Waals surface area contributed by atoms with Gasteiger partial charge in [0.1, 0.15) is 11.4 Å². The van der Waals surface area contributed by atoms with E-state index in [1.165, 1.54) is 0 Å². The van der Waals surface area contributed by atoms with E-state index in [0.29, 0.717) is 18.7 Å². The summed E-state index contributed by atoms with van der Waals surface area (Å²) >= 11 is 0. The first-order chi connectivity index (χ1) is 12.3. The van der Waals surface area contributed by atoms with E-state index >= 15 is 0 Å². The predicted octanol–water partition coefficient (Wildman–Crippen LogP) is 2.67. The summed E-state index contributed by atoms with van der Waals surface area (Å²) in [7, 11) is 0. The standard InChI is InChI=1S/C19H27N5O2/c1-11(2)15(16-21-13-7-6-12(3)10-14(13)22-16)23-18(26)24-19(17(20)25)8-4-5-9-19/h6-7,10-11,15H,4-5,8-9H2,1-3H3,(H2,20,25)(H,21,22)(H2,23,24,26)/t15-/m0/s1. The highest BCUT2D eigenvalue weighted by molar-refractivity contribution is 5.90. The molecular formula is C19H27N5O2. The molecule has 0 spiro atoms. The number of hydrogen-bond acceptors (Lipinski definition) is 3. The summed E-state index contributed by atoms with van der Waals surface area (Å²) in [5.41, 5.74) is 7.56. The van der Waals surface area contributed by atoms with Crippen LogP contribution in [0.2, 0.25) is 0 Å². The third-order valence-electron chi connectivity index (χ3n) is 5.19. The number of imidazole rings is 1. The Balaban J connectivity index is 1.79. The van der Waals surface area contributed by atoms with Crippen LogP contribution in [-0.2, 0) is 4.79 Å². The maximum Gasteiger partial charge on any atom is 0.316 e. The van der Waals surface area contributed by atoms with Crippen LogP contribution in [0, 0.1) is 12.8 Å². The van der Waals surface area contributed by atoms with Gasteiger partial charge in [-0.15, -0.1) is 0 Å². The average molecular weight is 357 g/mol. The van der Waals surface area contributed by atoms with E-state index in [1.807, 2.05) is 39.0 Å². The summed E-state index contributed by atoms with van der Waals surface area (Å²) in [4.78, 5) is 32.4. The number of aromatic amines is 1. The van der Waals surface area contributed by atoms with E-state index < -0.39 is 11.4 Å². The molecule has 1 aromatic heterocycles. The number of nitrogens with two attached hydrogens (primary N) is 1. The third-order valence-corrected chi connectivity index (χ3v) is 5.19. The number of H-pyrrole nitrogens is 1. The second kappa shape index (κ2) is 6.97. The molecule has 1 aliphatic rings. The maximum absolute atomic E-state index is 12.6. The Morgan fingerprint density at radius 1 is 1.27 bits per heavy atom. The van der Waals surface area contributed by atoms with E-state index in [0.717, 1.165) is 29.4 Å². The van der Waals surface area contributed by atoms with Crippen LogP contribution in [0.4, 0.5) is 4.79 Å². The molecule has 7 heteroatoms. The van der Waals surface area contributed by atoms with Crippen LogP contribution in [0.3, 0.4) is 0 Å². The lowest BCUT2D eigenvalue weighted by molar-refractivity contribution is -0.123. The summed E-state index contributed by atoms with van der Waals surface area (Å²) < 4.78 is 0. The smallest absolute Gasteiger partial charge is 0.316 e. The highest BCUT2D eigenvalue weighted by Gasteiger charge is 2.41. The molecule has 0 saturated heterocycles. The van der Waals surface area contributed by atoms with Gasteiger partial charge in [0.15, 0.2) is 0 Å². The molecular weight excluding hydrogens is 330 g/mol. The molecule has 1 fully saturated rings. The first-order valence-electron chi connectivity index (χ1n) is 9.15. The van der Waals surface area contributed by atoms with E-state index in [9.17, 15) is 9.59 Å². The second-order valence-corrected chi connectivity index (χ2v) is 7.62. The van der Waals surface area contributed by atoms with Crippen molar-refractivity contribution in [3.8, 4) is 0 Å². The summed E-state index contributed by atoms with van der Waals surface area (Å²) in [6, 6.07) is 5.32. The van der Waals surface area contributed by atoms with Gasteiger partial charge in [-0.1, -0.05) is 32.8 Å². The van der Waals surface area contributed by atoms with E-state index in [2.05, 4.69) is 20.6 Å². The number of urea groups is 1. The number of nitrogens with zero attached hydrogens (tertiary/aromatic N) is 1. The maximum atomic E-state index is 12.6. The zero-order valence-electron chi connectivity index (χ0n) is 15.6. The Kier molecular flexibility index (Phi) is 4.89. The molecule has 26 heavy (non-hydrogen) atoms. The number of benzene rings is 1. The van der Waals surface area contributed by atoms with E-state index in [1.54, 1.807) is 0 Å². The monoisotopic (exact) mass is 357 g/mol. The van der Waals surface area contributed by atoms with Gasteiger partial charge in [0.25, 0.3) is 0 Å². The Hall–Kier alpha value is -2.57. The van der Waals surface area contributed by atoms with E-state index in [-0.39, 0.29) is 18.0 Å². The third kappa shape index (κ3) is 3.52. The molecule has 7 nitrogen and oxygen atoms in total. The molecule has 0 unspecified atom stereocenters. The summed E-state index contributed by atoms with van der Waals surface area (Å²) in [6.45, 7) is 6.06. The van der Waals surface area contributed by atoms with Gasteiger partial charge in [-0.05, 0) is 43.4 Å². The van der Waals surface area contributed by atoms with Crippen molar-refractivity contribution in [2.45, 2.75) is 58.0 Å². The molecule has 0 radical (unpaired) electrons. The van der Waals surface area contributed by atoms with Gasteiger partial charge in [0.05, 0.1) is 17.1 Å². The summed E-state index contributed by atoms with van der Waals surface area (Å²) in [6.07, 6.45) is 2.96. The van der Waals surface area contributed by atoms with E-state index in [4.69, 9.17) is 5.73 Å². The van der Waals surface area contributed by atoms with Crippen LogP contribution in [0.25, 0.3) is 11.0 Å². The molecule has 2 aromatic rings. The number of primary amides is 1. The fourth-order valence-corrected chi connectivity index (χ4v) is 3.65. The second-order valence-electron chi connectivity index (χ2n) is 7.62. The molecule has 0 aliphatic heterocycles. The Morgan fingerprint density at radius 2 is 1.96 bits per heavy atom. The van der Waals surface area contributed by atoms with Crippen molar-refractivity contribution in [1.29, 1.82) is 0 Å².